The molecule has 0 fully saturated rings. The highest BCUT2D eigenvalue weighted by atomic mass is 32.2. The molecule has 0 saturated heterocycles. The lowest BCUT2D eigenvalue weighted by atomic mass is 10.3. The van der Waals surface area contributed by atoms with E-state index in [4.69, 9.17) is 0 Å². The molecule has 4 nitrogen and oxygen atoms in total. The van der Waals surface area contributed by atoms with Crippen LogP contribution >= 0.6 is 0 Å². The van der Waals surface area contributed by atoms with Gasteiger partial charge in [-0.3, -0.25) is 0 Å². The van der Waals surface area contributed by atoms with Crippen molar-refractivity contribution in [3.8, 4) is 0 Å². The minimum atomic E-state index is -5.92. The zero-order chi connectivity index (χ0) is 21.8. The summed E-state index contributed by atoms with van der Waals surface area (Å²) in [5.74, 6) is 0. The molecule has 0 aliphatic carbocycles. The van der Waals surface area contributed by atoms with E-state index >= 15 is 0 Å². The minimum Gasteiger partial charge on any atom is -0.311 e. The maximum Gasteiger partial charge on any atom is 0.389 e. The van der Waals surface area contributed by atoms with Crippen LogP contribution in [0.25, 0.3) is 0 Å². The lowest BCUT2D eigenvalue weighted by molar-refractivity contribution is -0.906. The van der Waals surface area contributed by atoms with Crippen molar-refractivity contribution in [1.82, 2.24) is 0 Å². The summed E-state index contributed by atoms with van der Waals surface area (Å²) in [6.07, 6.45) is -1.32. The molecule has 0 aromatic carbocycles. The molecular formula is C16H24F6NO3S+. The molecule has 0 aromatic heterocycles. The molecule has 11 heteroatoms. The largest absolute Gasteiger partial charge is 0.389 e. The number of hydrogen-bond acceptors (Lipinski definition) is 3. The Morgan fingerprint density at radius 1 is 0.778 bits per heavy atom. The van der Waals surface area contributed by atoms with Crippen molar-refractivity contribution in [1.29, 1.82) is 0 Å². The molecule has 0 aliphatic rings. The van der Waals surface area contributed by atoms with Crippen molar-refractivity contribution in [3.63, 3.8) is 0 Å². The Morgan fingerprint density at radius 3 is 1.33 bits per heavy atom. The van der Waals surface area contributed by atoms with Gasteiger partial charge in [0.25, 0.3) is 0 Å². The third-order valence-electron chi connectivity index (χ3n) is 3.21. The van der Waals surface area contributed by atoms with E-state index < -0.39 is 34.4 Å². The maximum atomic E-state index is 12.3. The van der Waals surface area contributed by atoms with Gasteiger partial charge in [-0.05, 0) is 28.8 Å². The Labute approximate surface area is 155 Å². The lowest BCUT2D eigenvalue weighted by Gasteiger charge is -2.35. The van der Waals surface area contributed by atoms with Gasteiger partial charge >= 0.3 is 21.5 Å². The molecule has 0 heterocycles. The Hall–Kier alpha value is -1.59. The van der Waals surface area contributed by atoms with Crippen LogP contribution in [0.3, 0.4) is 0 Å². The van der Waals surface area contributed by atoms with E-state index in [1.165, 1.54) is 0 Å². The number of halogens is 6. The van der Waals surface area contributed by atoms with Gasteiger partial charge in [-0.2, -0.15) is 30.4 Å². The van der Waals surface area contributed by atoms with E-state index in [1.54, 1.807) is 0 Å². The molecule has 0 aliphatic heterocycles. The molecule has 0 bridgehead atoms. The van der Waals surface area contributed by atoms with E-state index in [1.807, 2.05) is 28.7 Å². The summed E-state index contributed by atoms with van der Waals surface area (Å²) in [5, 5.41) is -4.89. The number of rotatable bonds is 12. The zero-order valence-electron chi connectivity index (χ0n) is 14.7. The average Bonchev–Trinajstić information content (AvgIpc) is 2.54. The van der Waals surface area contributed by atoms with Gasteiger partial charge < -0.3 is 4.48 Å². The molecule has 0 atom stereocenters. The smallest absolute Gasteiger partial charge is 0.311 e. The average molecular weight is 424 g/mol. The zero-order valence-corrected chi connectivity index (χ0v) is 15.5. The summed E-state index contributed by atoms with van der Waals surface area (Å²) in [5.41, 5.74) is 0. The summed E-state index contributed by atoms with van der Waals surface area (Å²) in [4.78, 5) is 0. The number of quaternary nitrogens is 1. The molecular weight excluding hydrogens is 400 g/mol. The van der Waals surface area contributed by atoms with Gasteiger partial charge in [0.1, 0.15) is 0 Å². The maximum absolute atomic E-state index is 12.3. The predicted octanol–water partition coefficient (Wildman–Crippen LogP) is 4.70. The molecule has 0 spiro atoms. The topological polar surface area (TPSA) is 43.4 Å². The van der Waals surface area contributed by atoms with Crippen LogP contribution in [0, 0.1) is 0 Å². The van der Waals surface area contributed by atoms with Crippen molar-refractivity contribution < 1.29 is 43.8 Å². The van der Waals surface area contributed by atoms with Crippen LogP contribution < -0.4 is 0 Å². The van der Waals surface area contributed by atoms with Gasteiger partial charge in [0.05, 0.1) is 32.6 Å². The summed E-state index contributed by atoms with van der Waals surface area (Å²) >= 11 is 0. The van der Waals surface area contributed by atoms with Crippen LogP contribution in [0.1, 0.15) is 12.8 Å². The van der Waals surface area contributed by atoms with E-state index in [-0.39, 0.29) is 0 Å². The van der Waals surface area contributed by atoms with Crippen molar-refractivity contribution in [2.24, 2.45) is 0 Å². The third kappa shape index (κ3) is 11.0. The van der Waals surface area contributed by atoms with E-state index in [0.29, 0.717) is 0 Å². The molecule has 158 valence electrons. The highest BCUT2D eigenvalue weighted by molar-refractivity contribution is 7.87. The Kier molecular flexibility index (Phi) is 12.3. The summed E-state index contributed by atoms with van der Waals surface area (Å²) in [6.45, 7) is 18.8. The predicted molar refractivity (Wildman–Crippen MR) is 91.9 cm³/mol. The Bertz CT molecular complexity index is 542. The normalized spacial score (nSPS) is 12.5. The van der Waals surface area contributed by atoms with Gasteiger partial charge in [0, 0.05) is 6.42 Å². The second-order valence-corrected chi connectivity index (χ2v) is 7.13. The molecule has 0 aromatic rings. The molecule has 27 heavy (non-hydrogen) atoms. The second kappa shape index (κ2) is 12.0. The highest BCUT2D eigenvalue weighted by Gasteiger charge is 2.49. The lowest BCUT2D eigenvalue weighted by Crippen LogP contribution is -2.48. The Balaban J connectivity index is 0. The van der Waals surface area contributed by atoms with Crippen molar-refractivity contribution >= 4 is 10.1 Å². The van der Waals surface area contributed by atoms with Gasteiger partial charge in [-0.25, -0.2) is 0 Å². The third-order valence-corrected chi connectivity index (χ3v) is 4.32. The summed E-state index contributed by atoms with van der Waals surface area (Å²) in [7, 11) is -5.92. The minimum absolute atomic E-state index is 0.903. The SMILES string of the molecule is C=CC[N+](CC=C)(CC=C)CC=C.O=S(=O)(OF)C(F)(F)CCC(F)(F)F. The standard InChI is InChI=1S/C12H20N.C4H4F6O3S/c1-5-9-13(10-6-2,11-7-3)12-8-4;5-3(6,7)1-2-4(8,9)14(11,12)13-10/h5-8H,1-4,9-12H2;1-2H2/q+1;. The fourth-order valence-corrected chi connectivity index (χ4v) is 2.45. The van der Waals surface area contributed by atoms with Crippen molar-refractivity contribution in [3.05, 3.63) is 50.6 Å². The molecule has 0 saturated carbocycles. The van der Waals surface area contributed by atoms with Crippen LogP contribution in [0.15, 0.2) is 50.6 Å². The Morgan fingerprint density at radius 2 is 1.11 bits per heavy atom. The molecule has 0 N–H and O–H groups in total. The van der Waals surface area contributed by atoms with Crippen LogP contribution in [0.5, 0.6) is 0 Å². The molecule has 0 unspecified atom stereocenters. The first kappa shape index (κ1) is 27.6. The highest BCUT2D eigenvalue weighted by Crippen LogP contribution is 2.33. The first-order chi connectivity index (χ1) is 12.3. The molecule has 0 amide bonds. The van der Waals surface area contributed by atoms with Crippen LogP contribution in [-0.2, 0) is 14.5 Å². The van der Waals surface area contributed by atoms with Crippen LogP contribution in [0.2, 0.25) is 0 Å². The molecule has 0 radical (unpaired) electrons. The first-order valence-electron chi connectivity index (χ1n) is 7.54. The van der Waals surface area contributed by atoms with E-state index in [9.17, 15) is 34.9 Å². The first-order valence-corrected chi connectivity index (χ1v) is 8.95. The fraction of sp³-hybridized carbons (Fsp3) is 0.500. The quantitative estimate of drug-likeness (QED) is 0.259. The van der Waals surface area contributed by atoms with E-state index in [2.05, 4.69) is 26.3 Å². The second-order valence-electron chi connectivity index (χ2n) is 5.50. The molecule has 0 rings (SSSR count). The van der Waals surface area contributed by atoms with Gasteiger partial charge in [-0.15, -0.1) is 0 Å². The summed E-state index contributed by atoms with van der Waals surface area (Å²) < 4.78 is 92.7. The van der Waals surface area contributed by atoms with Gasteiger partial charge in [0.15, 0.2) is 0 Å². The monoisotopic (exact) mass is 424 g/mol. The van der Waals surface area contributed by atoms with Crippen LogP contribution in [0.4, 0.5) is 26.5 Å². The van der Waals surface area contributed by atoms with Crippen molar-refractivity contribution in [2.45, 2.75) is 24.3 Å². The number of alkyl halides is 5. The van der Waals surface area contributed by atoms with Gasteiger partial charge in [-0.1, -0.05) is 30.7 Å². The fourth-order valence-electron chi connectivity index (χ4n) is 2.00. The number of nitrogens with zero attached hydrogens (tertiary/aromatic N) is 1. The number of hydrogen-bond donors (Lipinski definition) is 0. The summed E-state index contributed by atoms with van der Waals surface area (Å²) in [6, 6.07) is 0. The van der Waals surface area contributed by atoms with Crippen LogP contribution in [-0.4, -0.2) is 50.5 Å². The van der Waals surface area contributed by atoms with Crippen molar-refractivity contribution in [2.75, 3.05) is 26.2 Å². The van der Waals surface area contributed by atoms with E-state index in [0.717, 1.165) is 30.7 Å². The van der Waals surface area contributed by atoms with Gasteiger partial charge in [0.2, 0.25) is 0 Å².